The van der Waals surface area contributed by atoms with Gasteiger partial charge in [-0.2, -0.15) is 5.10 Å². The number of nitro benzene ring substituents is 1. The first-order valence-corrected chi connectivity index (χ1v) is 5.57. The smallest absolute Gasteiger partial charge is 0.332 e. The largest absolute Gasteiger partial charge is 0.493 e. The van der Waals surface area contributed by atoms with Crippen LogP contribution in [-0.4, -0.2) is 30.9 Å². The second kappa shape index (κ2) is 6.92. The Kier molecular flexibility index (Phi) is 5.27. The molecule has 0 aromatic heterocycles. The van der Waals surface area contributed by atoms with Gasteiger partial charge < -0.3 is 15.2 Å². The van der Waals surface area contributed by atoms with Crippen molar-refractivity contribution in [2.24, 2.45) is 10.8 Å². The molecule has 0 radical (unpaired) electrons. The van der Waals surface area contributed by atoms with Crippen LogP contribution >= 0.6 is 0 Å². The highest BCUT2D eigenvalue weighted by atomic mass is 16.6. The average molecular weight is 282 g/mol. The first-order chi connectivity index (χ1) is 9.49. The minimum Gasteiger partial charge on any atom is -0.493 e. The number of rotatable bonds is 6. The molecule has 9 heteroatoms. The maximum atomic E-state index is 11.0. The van der Waals surface area contributed by atoms with Gasteiger partial charge in [0.05, 0.1) is 24.9 Å². The first kappa shape index (κ1) is 15.2. The number of nitrogens with zero attached hydrogens (tertiary/aromatic N) is 2. The van der Waals surface area contributed by atoms with Crippen molar-refractivity contribution in [3.8, 4) is 11.5 Å². The molecule has 0 aliphatic rings. The van der Waals surface area contributed by atoms with Gasteiger partial charge in [-0.05, 0) is 13.0 Å². The zero-order valence-electron chi connectivity index (χ0n) is 11.0. The minimum atomic E-state index is -0.839. The molecule has 0 aliphatic carbocycles. The lowest BCUT2D eigenvalue weighted by atomic mass is 10.2. The van der Waals surface area contributed by atoms with Gasteiger partial charge in [-0.15, -0.1) is 0 Å². The molecule has 0 aliphatic heterocycles. The van der Waals surface area contributed by atoms with Crippen LogP contribution < -0.4 is 20.6 Å². The number of nitro groups is 1. The summed E-state index contributed by atoms with van der Waals surface area (Å²) >= 11 is 0. The Morgan fingerprint density at radius 1 is 1.60 bits per heavy atom. The van der Waals surface area contributed by atoms with Gasteiger partial charge in [0.25, 0.3) is 0 Å². The molecule has 1 rings (SSSR count). The molecule has 0 atom stereocenters. The van der Waals surface area contributed by atoms with E-state index < -0.39 is 11.0 Å². The Balaban J connectivity index is 3.22. The van der Waals surface area contributed by atoms with Crippen molar-refractivity contribution in [1.82, 2.24) is 5.43 Å². The van der Waals surface area contributed by atoms with Crippen LogP contribution in [-0.2, 0) is 0 Å². The maximum Gasteiger partial charge on any atom is 0.332 e. The van der Waals surface area contributed by atoms with Crippen molar-refractivity contribution in [3.63, 3.8) is 0 Å². The fraction of sp³-hybridized carbons (Fsp3) is 0.273. The van der Waals surface area contributed by atoms with Gasteiger partial charge in [-0.1, -0.05) is 0 Å². The van der Waals surface area contributed by atoms with Gasteiger partial charge in [-0.25, -0.2) is 10.2 Å². The van der Waals surface area contributed by atoms with Crippen LogP contribution in [0, 0.1) is 10.1 Å². The fourth-order valence-corrected chi connectivity index (χ4v) is 1.43. The van der Waals surface area contributed by atoms with Gasteiger partial charge in [-0.3, -0.25) is 10.1 Å². The number of carbonyl (C=O) groups is 1. The number of hydrogen-bond donors (Lipinski definition) is 2. The van der Waals surface area contributed by atoms with E-state index >= 15 is 0 Å². The van der Waals surface area contributed by atoms with E-state index in [2.05, 4.69) is 5.10 Å². The van der Waals surface area contributed by atoms with E-state index in [-0.39, 0.29) is 23.8 Å². The first-order valence-electron chi connectivity index (χ1n) is 5.57. The second-order valence-corrected chi connectivity index (χ2v) is 3.50. The lowest BCUT2D eigenvalue weighted by Gasteiger charge is -2.10. The van der Waals surface area contributed by atoms with Gasteiger partial charge in [0.2, 0.25) is 5.75 Å². The van der Waals surface area contributed by atoms with Gasteiger partial charge in [0.1, 0.15) is 0 Å². The van der Waals surface area contributed by atoms with Gasteiger partial charge in [0.15, 0.2) is 5.75 Å². The molecule has 0 fully saturated rings. The SMILES string of the molecule is CCOc1c(OC)cc(/C=N\NC(N)=O)cc1[N+](=O)[O-]. The Bertz CT molecular complexity index is 544. The molecule has 0 unspecified atom stereocenters. The molecule has 0 saturated heterocycles. The standard InChI is InChI=1S/C11H14N4O5/c1-3-20-10-8(15(17)18)4-7(5-9(10)19-2)6-13-14-11(12)16/h4-6H,3H2,1-2H3,(H3,12,14,16)/b13-6-. The lowest BCUT2D eigenvalue weighted by Crippen LogP contribution is -2.24. The van der Waals surface area contributed by atoms with Crippen LogP contribution in [0.5, 0.6) is 11.5 Å². The monoisotopic (exact) mass is 282 g/mol. The van der Waals surface area contributed by atoms with Crippen LogP contribution in [0.4, 0.5) is 10.5 Å². The Morgan fingerprint density at radius 2 is 2.30 bits per heavy atom. The van der Waals surface area contributed by atoms with E-state index in [1.54, 1.807) is 6.92 Å². The van der Waals surface area contributed by atoms with E-state index in [0.717, 1.165) is 0 Å². The Hall–Kier alpha value is -2.84. The summed E-state index contributed by atoms with van der Waals surface area (Å²) in [5, 5.41) is 14.6. The highest BCUT2D eigenvalue weighted by Gasteiger charge is 2.21. The number of hydrogen-bond acceptors (Lipinski definition) is 6. The van der Waals surface area contributed by atoms with Crippen LogP contribution in [0.25, 0.3) is 0 Å². The third kappa shape index (κ3) is 3.83. The number of carbonyl (C=O) groups excluding carboxylic acids is 1. The number of ether oxygens (including phenoxy) is 2. The molecule has 20 heavy (non-hydrogen) atoms. The highest BCUT2D eigenvalue weighted by Crippen LogP contribution is 2.37. The number of hydrazone groups is 1. The topological polar surface area (TPSA) is 129 Å². The van der Waals surface area contributed by atoms with E-state index in [4.69, 9.17) is 15.2 Å². The molecule has 2 amide bonds. The molecule has 1 aromatic carbocycles. The summed E-state index contributed by atoms with van der Waals surface area (Å²) in [5.74, 6) is 0.238. The van der Waals surface area contributed by atoms with Crippen molar-refractivity contribution in [1.29, 1.82) is 0 Å². The molecule has 0 bridgehead atoms. The van der Waals surface area contributed by atoms with Crippen molar-refractivity contribution in [2.45, 2.75) is 6.92 Å². The van der Waals surface area contributed by atoms with Gasteiger partial charge >= 0.3 is 11.7 Å². The molecule has 3 N–H and O–H groups in total. The zero-order chi connectivity index (χ0) is 15.1. The number of nitrogens with two attached hydrogens (primary N) is 1. The van der Waals surface area contributed by atoms with Gasteiger partial charge in [0, 0.05) is 11.6 Å². The summed E-state index contributed by atoms with van der Waals surface area (Å²) in [6, 6.07) is 1.90. The van der Waals surface area contributed by atoms with Crippen molar-refractivity contribution >= 4 is 17.9 Å². The molecule has 0 saturated carbocycles. The maximum absolute atomic E-state index is 11.0. The number of benzene rings is 1. The van der Waals surface area contributed by atoms with Crippen molar-refractivity contribution in [2.75, 3.05) is 13.7 Å². The van der Waals surface area contributed by atoms with Crippen molar-refractivity contribution < 1.29 is 19.2 Å². The predicted octanol–water partition coefficient (Wildman–Crippen LogP) is 1.00. The highest BCUT2D eigenvalue weighted by molar-refractivity contribution is 5.84. The molecule has 0 heterocycles. The summed E-state index contributed by atoms with van der Waals surface area (Å²) in [6.45, 7) is 1.96. The normalized spacial score (nSPS) is 10.3. The summed E-state index contributed by atoms with van der Waals surface area (Å²) in [7, 11) is 1.37. The predicted molar refractivity (Wildman–Crippen MR) is 71.1 cm³/mol. The molecular formula is C11H14N4O5. The minimum absolute atomic E-state index is 0.0417. The van der Waals surface area contributed by atoms with E-state index in [0.29, 0.717) is 5.56 Å². The quantitative estimate of drug-likeness (QED) is 0.457. The van der Waals surface area contributed by atoms with Crippen molar-refractivity contribution in [3.05, 3.63) is 27.8 Å². The number of methoxy groups -OCH3 is 1. The average Bonchev–Trinajstić information content (AvgIpc) is 2.39. The number of primary amides is 1. The third-order valence-electron chi connectivity index (χ3n) is 2.15. The van der Waals surface area contributed by atoms with Crippen LogP contribution in [0.1, 0.15) is 12.5 Å². The number of urea groups is 1. The summed E-state index contributed by atoms with van der Waals surface area (Å²) in [6.07, 6.45) is 1.20. The number of amides is 2. The molecular weight excluding hydrogens is 268 g/mol. The fourth-order valence-electron chi connectivity index (χ4n) is 1.43. The van der Waals surface area contributed by atoms with Crippen LogP contribution in [0.15, 0.2) is 17.2 Å². The van der Waals surface area contributed by atoms with E-state index in [9.17, 15) is 14.9 Å². The summed E-state index contributed by atoms with van der Waals surface area (Å²) in [4.78, 5) is 20.9. The summed E-state index contributed by atoms with van der Waals surface area (Å²) in [5.41, 5.74) is 6.92. The van der Waals surface area contributed by atoms with E-state index in [1.165, 1.54) is 25.5 Å². The zero-order valence-corrected chi connectivity index (χ0v) is 11.0. The Labute approximate surface area is 114 Å². The molecule has 9 nitrogen and oxygen atoms in total. The van der Waals surface area contributed by atoms with E-state index in [1.807, 2.05) is 5.43 Å². The Morgan fingerprint density at radius 3 is 2.80 bits per heavy atom. The van der Waals surface area contributed by atoms with Crippen LogP contribution in [0.2, 0.25) is 0 Å². The third-order valence-corrected chi connectivity index (χ3v) is 2.15. The lowest BCUT2D eigenvalue weighted by molar-refractivity contribution is -0.385. The molecule has 0 spiro atoms. The number of nitrogens with one attached hydrogen (secondary N) is 1. The molecule has 1 aromatic rings. The van der Waals surface area contributed by atoms with Crippen LogP contribution in [0.3, 0.4) is 0 Å². The second-order valence-electron chi connectivity index (χ2n) is 3.50. The molecule has 108 valence electrons. The summed E-state index contributed by atoms with van der Waals surface area (Å²) < 4.78 is 10.3.